The van der Waals surface area contributed by atoms with Crippen LogP contribution in [0.1, 0.15) is 59.3 Å². The predicted molar refractivity (Wildman–Crippen MR) is 59.2 cm³/mol. The van der Waals surface area contributed by atoms with Gasteiger partial charge in [-0.1, -0.05) is 40.0 Å². The summed E-state index contributed by atoms with van der Waals surface area (Å²) in [5, 5.41) is 0. The molecule has 2 nitrogen and oxygen atoms in total. The minimum atomic E-state index is -0.0311. The van der Waals surface area contributed by atoms with Gasteiger partial charge in [0.05, 0.1) is 6.61 Å². The molecule has 0 aromatic heterocycles. The fourth-order valence-electron chi connectivity index (χ4n) is 1.29. The van der Waals surface area contributed by atoms with Crippen molar-refractivity contribution in [1.29, 1.82) is 0 Å². The second kappa shape index (κ2) is 9.04. The molecule has 0 radical (unpaired) electrons. The summed E-state index contributed by atoms with van der Waals surface area (Å²) in [6.07, 6.45) is 6.15. The van der Waals surface area contributed by atoms with E-state index in [9.17, 15) is 4.79 Å². The molecule has 0 saturated carbocycles. The molecule has 0 aliphatic rings. The Morgan fingerprint density at radius 2 is 1.93 bits per heavy atom. The van der Waals surface area contributed by atoms with Gasteiger partial charge in [-0.2, -0.15) is 0 Å². The maximum Gasteiger partial charge on any atom is 0.305 e. The van der Waals surface area contributed by atoms with E-state index in [1.165, 1.54) is 12.8 Å². The van der Waals surface area contributed by atoms with Crippen LogP contribution in [0.3, 0.4) is 0 Å². The van der Waals surface area contributed by atoms with Crippen LogP contribution in [0.2, 0.25) is 0 Å². The van der Waals surface area contributed by atoms with E-state index in [-0.39, 0.29) is 5.97 Å². The smallest absolute Gasteiger partial charge is 0.305 e. The van der Waals surface area contributed by atoms with E-state index in [4.69, 9.17) is 4.74 Å². The molecule has 0 heterocycles. The lowest BCUT2D eigenvalue weighted by atomic mass is 10.0. The van der Waals surface area contributed by atoms with Crippen molar-refractivity contribution in [2.45, 2.75) is 59.3 Å². The third kappa shape index (κ3) is 9.56. The van der Waals surface area contributed by atoms with Crippen LogP contribution < -0.4 is 0 Å². The normalized spacial score (nSPS) is 10.6. The first-order valence-electron chi connectivity index (χ1n) is 5.82. The Morgan fingerprint density at radius 3 is 2.50 bits per heavy atom. The van der Waals surface area contributed by atoms with Crippen molar-refractivity contribution in [1.82, 2.24) is 0 Å². The molecular formula is C12H24O2. The Morgan fingerprint density at radius 1 is 1.21 bits per heavy atom. The monoisotopic (exact) mass is 200 g/mol. The molecule has 0 amide bonds. The van der Waals surface area contributed by atoms with Crippen molar-refractivity contribution in [2.24, 2.45) is 5.92 Å². The summed E-state index contributed by atoms with van der Waals surface area (Å²) in [5.41, 5.74) is 0. The number of carbonyl (C=O) groups is 1. The minimum Gasteiger partial charge on any atom is -0.466 e. The summed E-state index contributed by atoms with van der Waals surface area (Å²) in [6.45, 7) is 7.05. The molecule has 14 heavy (non-hydrogen) atoms. The molecule has 0 aliphatic carbocycles. The summed E-state index contributed by atoms with van der Waals surface area (Å²) in [6, 6.07) is 0. The zero-order valence-corrected chi connectivity index (χ0v) is 9.84. The number of hydrogen-bond donors (Lipinski definition) is 0. The number of rotatable bonds is 8. The van der Waals surface area contributed by atoms with E-state index in [2.05, 4.69) is 13.8 Å². The Hall–Kier alpha value is -0.530. The fraction of sp³-hybridized carbons (Fsp3) is 0.917. The van der Waals surface area contributed by atoms with Crippen molar-refractivity contribution in [2.75, 3.05) is 6.61 Å². The van der Waals surface area contributed by atoms with Crippen molar-refractivity contribution >= 4 is 5.97 Å². The summed E-state index contributed by atoms with van der Waals surface area (Å²) in [4.78, 5) is 11.1. The largest absolute Gasteiger partial charge is 0.466 e. The first-order valence-corrected chi connectivity index (χ1v) is 5.82. The predicted octanol–water partition coefficient (Wildman–Crippen LogP) is 3.55. The summed E-state index contributed by atoms with van der Waals surface area (Å²) in [5.74, 6) is 0.749. The lowest BCUT2D eigenvalue weighted by Gasteiger charge is -2.04. The number of esters is 1. The molecule has 0 bridgehead atoms. The van der Waals surface area contributed by atoms with Gasteiger partial charge in [0.1, 0.15) is 0 Å². The highest BCUT2D eigenvalue weighted by atomic mass is 16.5. The summed E-state index contributed by atoms with van der Waals surface area (Å²) in [7, 11) is 0. The van der Waals surface area contributed by atoms with Crippen molar-refractivity contribution < 1.29 is 9.53 Å². The second-order valence-corrected chi connectivity index (χ2v) is 4.21. The molecule has 0 aromatic rings. The van der Waals surface area contributed by atoms with Crippen LogP contribution in [0.25, 0.3) is 0 Å². The fourth-order valence-corrected chi connectivity index (χ4v) is 1.29. The Kier molecular flexibility index (Phi) is 8.70. The quantitative estimate of drug-likeness (QED) is 0.442. The van der Waals surface area contributed by atoms with Crippen molar-refractivity contribution in [3.05, 3.63) is 0 Å². The van der Waals surface area contributed by atoms with Gasteiger partial charge < -0.3 is 4.74 Å². The number of hydrogen-bond acceptors (Lipinski definition) is 2. The molecule has 0 saturated heterocycles. The van der Waals surface area contributed by atoms with Crippen molar-refractivity contribution in [3.8, 4) is 0 Å². The Bertz CT molecular complexity index is 141. The van der Waals surface area contributed by atoms with Crippen LogP contribution >= 0.6 is 0 Å². The van der Waals surface area contributed by atoms with Crippen LogP contribution in [-0.4, -0.2) is 12.6 Å². The molecule has 2 heteroatoms. The van der Waals surface area contributed by atoms with E-state index in [1.807, 2.05) is 6.92 Å². The van der Waals surface area contributed by atoms with E-state index in [0.717, 1.165) is 25.2 Å². The van der Waals surface area contributed by atoms with E-state index in [1.54, 1.807) is 0 Å². The van der Waals surface area contributed by atoms with Gasteiger partial charge in [-0.3, -0.25) is 4.79 Å². The third-order valence-corrected chi connectivity index (χ3v) is 2.13. The molecule has 0 spiro atoms. The number of ether oxygens (including phenoxy) is 1. The van der Waals surface area contributed by atoms with Gasteiger partial charge in [-0.05, 0) is 18.8 Å². The minimum absolute atomic E-state index is 0.0311. The average Bonchev–Trinajstić information content (AvgIpc) is 2.13. The molecule has 0 unspecified atom stereocenters. The van der Waals surface area contributed by atoms with Gasteiger partial charge in [0.15, 0.2) is 0 Å². The van der Waals surface area contributed by atoms with E-state index in [0.29, 0.717) is 13.0 Å². The molecular weight excluding hydrogens is 176 g/mol. The van der Waals surface area contributed by atoms with Crippen LogP contribution in [0.5, 0.6) is 0 Å². The highest BCUT2D eigenvalue weighted by Gasteiger charge is 2.01. The van der Waals surface area contributed by atoms with Crippen LogP contribution in [-0.2, 0) is 9.53 Å². The lowest BCUT2D eigenvalue weighted by Crippen LogP contribution is -2.04. The number of unbranched alkanes of at least 4 members (excludes halogenated alkanes) is 2. The molecule has 0 atom stereocenters. The Balaban J connectivity index is 3.15. The maximum atomic E-state index is 11.1. The molecule has 84 valence electrons. The first-order chi connectivity index (χ1) is 6.66. The van der Waals surface area contributed by atoms with Gasteiger partial charge in [0.2, 0.25) is 0 Å². The van der Waals surface area contributed by atoms with Crippen LogP contribution in [0.4, 0.5) is 0 Å². The molecule has 0 aromatic carbocycles. The molecule has 0 aliphatic heterocycles. The molecule has 0 N–H and O–H groups in total. The zero-order chi connectivity index (χ0) is 10.8. The molecule has 0 fully saturated rings. The standard InChI is InChI=1S/C12H24O2/c1-4-10-14-12(13)9-7-5-6-8-11(2)3/h11H,4-10H2,1-3H3. The Labute approximate surface area is 88.0 Å². The highest BCUT2D eigenvalue weighted by Crippen LogP contribution is 2.09. The van der Waals surface area contributed by atoms with Gasteiger partial charge in [0, 0.05) is 6.42 Å². The van der Waals surface area contributed by atoms with E-state index < -0.39 is 0 Å². The van der Waals surface area contributed by atoms with E-state index >= 15 is 0 Å². The van der Waals surface area contributed by atoms with Gasteiger partial charge in [-0.25, -0.2) is 0 Å². The van der Waals surface area contributed by atoms with Gasteiger partial charge in [0.25, 0.3) is 0 Å². The highest BCUT2D eigenvalue weighted by molar-refractivity contribution is 5.69. The molecule has 0 rings (SSSR count). The third-order valence-electron chi connectivity index (χ3n) is 2.13. The summed E-state index contributed by atoms with van der Waals surface area (Å²) < 4.78 is 4.98. The first kappa shape index (κ1) is 13.5. The van der Waals surface area contributed by atoms with Gasteiger partial charge >= 0.3 is 5.97 Å². The topological polar surface area (TPSA) is 26.3 Å². The number of carbonyl (C=O) groups excluding carboxylic acids is 1. The summed E-state index contributed by atoms with van der Waals surface area (Å²) >= 11 is 0. The van der Waals surface area contributed by atoms with Crippen LogP contribution in [0.15, 0.2) is 0 Å². The van der Waals surface area contributed by atoms with Crippen molar-refractivity contribution in [3.63, 3.8) is 0 Å². The second-order valence-electron chi connectivity index (χ2n) is 4.21. The van der Waals surface area contributed by atoms with Crippen LogP contribution in [0, 0.1) is 5.92 Å². The zero-order valence-electron chi connectivity index (χ0n) is 9.84. The van der Waals surface area contributed by atoms with Gasteiger partial charge in [-0.15, -0.1) is 0 Å². The lowest BCUT2D eigenvalue weighted by molar-refractivity contribution is -0.143. The maximum absolute atomic E-state index is 11.1. The SMILES string of the molecule is CCCOC(=O)CCCCCC(C)C. The average molecular weight is 200 g/mol.